The highest BCUT2D eigenvalue weighted by Crippen LogP contribution is 2.28. The average molecular weight is 384 g/mol. The smallest absolute Gasteiger partial charge is 0.287 e. The Hall–Kier alpha value is -2.44. The zero-order valence-corrected chi connectivity index (χ0v) is 15.7. The van der Waals surface area contributed by atoms with Gasteiger partial charge in [-0.15, -0.1) is 11.3 Å². The molecule has 1 atom stereocenters. The minimum absolute atomic E-state index is 0.197. The van der Waals surface area contributed by atoms with Crippen molar-refractivity contribution in [3.05, 3.63) is 70.4 Å². The van der Waals surface area contributed by atoms with Crippen molar-refractivity contribution in [1.82, 2.24) is 10.2 Å². The molecule has 1 fully saturated rings. The summed E-state index contributed by atoms with van der Waals surface area (Å²) in [6.07, 6.45) is 2.41. The molecule has 6 heteroatoms. The van der Waals surface area contributed by atoms with Gasteiger partial charge in [0.2, 0.25) is 0 Å². The lowest BCUT2D eigenvalue weighted by molar-refractivity contribution is 0.0911. The Morgan fingerprint density at radius 1 is 1.15 bits per heavy atom. The van der Waals surface area contributed by atoms with Gasteiger partial charge in [-0.2, -0.15) is 0 Å². The molecule has 0 radical (unpaired) electrons. The minimum atomic E-state index is -0.301. The predicted molar refractivity (Wildman–Crippen MR) is 104 cm³/mol. The minimum Gasteiger partial charge on any atom is -0.451 e. The van der Waals surface area contributed by atoms with Gasteiger partial charge in [0, 0.05) is 17.0 Å². The predicted octanol–water partition coefficient (Wildman–Crippen LogP) is 4.71. The molecule has 0 spiro atoms. The molecular weight excluding hydrogens is 363 g/mol. The average Bonchev–Trinajstić information content (AvgIpc) is 3.44. The van der Waals surface area contributed by atoms with Crippen LogP contribution in [-0.2, 0) is 0 Å². The van der Waals surface area contributed by atoms with Gasteiger partial charge >= 0.3 is 0 Å². The lowest BCUT2D eigenvalue weighted by Crippen LogP contribution is -2.36. The van der Waals surface area contributed by atoms with Gasteiger partial charge in [-0.3, -0.25) is 9.69 Å². The van der Waals surface area contributed by atoms with Crippen molar-refractivity contribution >= 4 is 17.2 Å². The van der Waals surface area contributed by atoms with Crippen LogP contribution in [0.2, 0.25) is 0 Å². The summed E-state index contributed by atoms with van der Waals surface area (Å²) in [5.74, 6) is 0.282. The summed E-state index contributed by atoms with van der Waals surface area (Å²) in [5.41, 5.74) is 0.740. The number of carbonyl (C=O) groups excluding carboxylic acids is 1. The van der Waals surface area contributed by atoms with E-state index < -0.39 is 0 Å². The first-order valence-electron chi connectivity index (χ1n) is 9.12. The van der Waals surface area contributed by atoms with E-state index in [0.717, 1.165) is 18.7 Å². The van der Waals surface area contributed by atoms with Crippen LogP contribution in [0.5, 0.6) is 0 Å². The number of hydrogen-bond donors (Lipinski definition) is 1. The third-order valence-electron chi connectivity index (χ3n) is 4.87. The number of carbonyl (C=O) groups is 1. The van der Waals surface area contributed by atoms with E-state index in [9.17, 15) is 9.18 Å². The first-order valence-corrected chi connectivity index (χ1v) is 10.00. The molecule has 4 rings (SSSR count). The number of nitrogens with one attached hydrogen (secondary N) is 1. The molecule has 27 heavy (non-hydrogen) atoms. The van der Waals surface area contributed by atoms with Crippen LogP contribution in [0.4, 0.5) is 4.39 Å². The van der Waals surface area contributed by atoms with Crippen LogP contribution < -0.4 is 5.32 Å². The summed E-state index contributed by atoms with van der Waals surface area (Å²) in [5, 5.41) is 5.08. The molecule has 0 saturated carbocycles. The second-order valence-corrected chi connectivity index (χ2v) is 7.63. The number of rotatable bonds is 6. The van der Waals surface area contributed by atoms with Gasteiger partial charge in [0.05, 0.1) is 6.04 Å². The summed E-state index contributed by atoms with van der Waals surface area (Å²) >= 11 is 1.72. The molecule has 3 aromatic rings. The van der Waals surface area contributed by atoms with E-state index in [4.69, 9.17) is 4.42 Å². The van der Waals surface area contributed by atoms with Crippen LogP contribution in [0.15, 0.2) is 58.3 Å². The van der Waals surface area contributed by atoms with E-state index in [1.807, 2.05) is 6.07 Å². The molecule has 1 aliphatic heterocycles. The highest BCUT2D eigenvalue weighted by atomic mass is 32.1. The molecule has 0 bridgehead atoms. The molecule has 1 aromatic carbocycles. The Kier molecular flexibility index (Phi) is 5.36. The number of halogens is 1. The summed E-state index contributed by atoms with van der Waals surface area (Å²) < 4.78 is 18.7. The number of thiophene rings is 1. The normalized spacial score (nSPS) is 15.7. The molecule has 1 aliphatic rings. The monoisotopic (exact) mass is 384 g/mol. The van der Waals surface area contributed by atoms with Crippen LogP contribution in [0.25, 0.3) is 11.3 Å². The topological polar surface area (TPSA) is 45.5 Å². The molecule has 0 aliphatic carbocycles. The maximum Gasteiger partial charge on any atom is 0.287 e. The molecule has 3 heterocycles. The van der Waals surface area contributed by atoms with Crippen molar-refractivity contribution in [3.8, 4) is 11.3 Å². The largest absolute Gasteiger partial charge is 0.451 e. The van der Waals surface area contributed by atoms with E-state index in [0.29, 0.717) is 12.3 Å². The van der Waals surface area contributed by atoms with Crippen LogP contribution in [0.1, 0.15) is 34.3 Å². The highest BCUT2D eigenvalue weighted by Gasteiger charge is 2.25. The lowest BCUT2D eigenvalue weighted by atomic mass is 10.2. The fraction of sp³-hybridized carbons (Fsp3) is 0.286. The van der Waals surface area contributed by atoms with Crippen molar-refractivity contribution < 1.29 is 13.6 Å². The SMILES string of the molecule is O=C(NCC(c1cccs1)N1CCCC1)c1ccc(-c2ccc(F)cc2)o1. The second-order valence-electron chi connectivity index (χ2n) is 6.66. The lowest BCUT2D eigenvalue weighted by Gasteiger charge is -2.26. The number of benzene rings is 1. The molecule has 1 amide bonds. The van der Waals surface area contributed by atoms with Gasteiger partial charge in [0.25, 0.3) is 5.91 Å². The fourth-order valence-electron chi connectivity index (χ4n) is 3.45. The standard InChI is InChI=1S/C21H21FN2O2S/c22-16-7-5-15(6-8-16)18-9-10-19(26-18)21(25)23-14-17(20-4-3-13-27-20)24-11-1-2-12-24/h3-10,13,17H,1-2,11-12,14H2,(H,23,25). The zero-order chi connectivity index (χ0) is 18.6. The maximum absolute atomic E-state index is 13.1. The summed E-state index contributed by atoms with van der Waals surface area (Å²) in [6, 6.07) is 13.8. The number of likely N-dealkylation sites (tertiary alicyclic amines) is 1. The number of nitrogens with zero attached hydrogens (tertiary/aromatic N) is 1. The molecule has 1 saturated heterocycles. The van der Waals surface area contributed by atoms with Gasteiger partial charge < -0.3 is 9.73 Å². The van der Waals surface area contributed by atoms with E-state index in [1.54, 1.807) is 35.6 Å². The summed E-state index contributed by atoms with van der Waals surface area (Å²) in [7, 11) is 0. The van der Waals surface area contributed by atoms with E-state index >= 15 is 0 Å². The van der Waals surface area contributed by atoms with Crippen molar-refractivity contribution in [2.75, 3.05) is 19.6 Å². The Labute approximate surface area is 161 Å². The molecule has 1 unspecified atom stereocenters. The fourth-order valence-corrected chi connectivity index (χ4v) is 4.31. The Bertz CT molecular complexity index is 883. The molecule has 2 aromatic heterocycles. The Morgan fingerprint density at radius 3 is 2.63 bits per heavy atom. The number of hydrogen-bond acceptors (Lipinski definition) is 4. The van der Waals surface area contributed by atoms with Gasteiger partial charge in [-0.25, -0.2) is 4.39 Å². The van der Waals surface area contributed by atoms with Crippen LogP contribution in [0.3, 0.4) is 0 Å². The van der Waals surface area contributed by atoms with Gasteiger partial charge in [-0.1, -0.05) is 6.07 Å². The summed E-state index contributed by atoms with van der Waals surface area (Å²) in [6.45, 7) is 2.67. The van der Waals surface area contributed by atoms with Gasteiger partial charge in [0.15, 0.2) is 5.76 Å². The number of furan rings is 1. The molecular formula is C21H21FN2O2S. The molecule has 1 N–H and O–H groups in total. The van der Waals surface area contributed by atoms with Crippen molar-refractivity contribution in [3.63, 3.8) is 0 Å². The van der Waals surface area contributed by atoms with Crippen LogP contribution in [0, 0.1) is 5.82 Å². The van der Waals surface area contributed by atoms with Crippen molar-refractivity contribution in [2.45, 2.75) is 18.9 Å². The first kappa shape index (κ1) is 17.9. The zero-order valence-electron chi connectivity index (χ0n) is 14.9. The third kappa shape index (κ3) is 4.12. The van der Waals surface area contributed by atoms with Crippen molar-refractivity contribution in [1.29, 1.82) is 0 Å². The second kappa shape index (κ2) is 8.06. The third-order valence-corrected chi connectivity index (χ3v) is 5.84. The van der Waals surface area contributed by atoms with Crippen LogP contribution in [-0.4, -0.2) is 30.4 Å². The van der Waals surface area contributed by atoms with Gasteiger partial charge in [0.1, 0.15) is 11.6 Å². The van der Waals surface area contributed by atoms with Crippen molar-refractivity contribution in [2.24, 2.45) is 0 Å². The number of amides is 1. The summed E-state index contributed by atoms with van der Waals surface area (Å²) in [4.78, 5) is 16.2. The highest BCUT2D eigenvalue weighted by molar-refractivity contribution is 7.10. The molecule has 140 valence electrons. The maximum atomic E-state index is 13.1. The Morgan fingerprint density at radius 2 is 1.93 bits per heavy atom. The van der Waals surface area contributed by atoms with Gasteiger partial charge in [-0.05, 0) is 73.8 Å². The van der Waals surface area contributed by atoms with E-state index in [-0.39, 0.29) is 23.5 Å². The quantitative estimate of drug-likeness (QED) is 0.669. The van der Waals surface area contributed by atoms with E-state index in [1.165, 1.54) is 29.9 Å². The van der Waals surface area contributed by atoms with Crippen LogP contribution >= 0.6 is 11.3 Å². The van der Waals surface area contributed by atoms with E-state index in [2.05, 4.69) is 21.7 Å². The Balaban J connectivity index is 1.43. The first-order chi connectivity index (χ1) is 13.2. The molecule has 4 nitrogen and oxygen atoms in total.